The first-order valence-electron chi connectivity index (χ1n) is 7.59. The monoisotopic (exact) mass is 287 g/mol. The van der Waals surface area contributed by atoms with Crippen LogP contribution in [0.3, 0.4) is 0 Å². The third kappa shape index (κ3) is 3.78. The third-order valence-corrected chi connectivity index (χ3v) is 4.05. The van der Waals surface area contributed by atoms with Gasteiger partial charge in [0.1, 0.15) is 0 Å². The zero-order valence-electron chi connectivity index (χ0n) is 13.3. The van der Waals surface area contributed by atoms with E-state index in [2.05, 4.69) is 48.5 Å². The van der Waals surface area contributed by atoms with Gasteiger partial charge < -0.3 is 15.6 Å². The van der Waals surface area contributed by atoms with Crippen molar-refractivity contribution in [2.45, 2.75) is 40.2 Å². The summed E-state index contributed by atoms with van der Waals surface area (Å²) in [7, 11) is 0. The van der Waals surface area contributed by atoms with Gasteiger partial charge in [0, 0.05) is 29.2 Å². The van der Waals surface area contributed by atoms with E-state index in [4.69, 9.17) is 0 Å². The van der Waals surface area contributed by atoms with E-state index in [-0.39, 0.29) is 12.1 Å². The number of hydrogen-bond donors (Lipinski definition) is 3. The number of fused-ring (bicyclic) bond motifs is 1. The Morgan fingerprint density at radius 2 is 1.95 bits per heavy atom. The number of aryl methyl sites for hydroxylation is 1. The van der Waals surface area contributed by atoms with Crippen LogP contribution in [0.15, 0.2) is 24.3 Å². The Balaban J connectivity index is 1.91. The Morgan fingerprint density at radius 1 is 1.24 bits per heavy atom. The van der Waals surface area contributed by atoms with Crippen molar-refractivity contribution in [1.82, 2.24) is 15.6 Å². The zero-order valence-corrected chi connectivity index (χ0v) is 13.3. The normalized spacial score (nSPS) is 12.6. The topological polar surface area (TPSA) is 56.9 Å². The standard InChI is InChI=1S/C17H25N3O/c1-11(2)12(3)20-17(21)18-10-9-14-13(4)19-16-8-6-5-7-15(14)16/h5-8,11-12,19H,9-10H2,1-4H3,(H2,18,20,21). The summed E-state index contributed by atoms with van der Waals surface area (Å²) in [4.78, 5) is 15.2. The first-order chi connectivity index (χ1) is 9.99. The van der Waals surface area contributed by atoms with Crippen LogP contribution in [0.1, 0.15) is 32.0 Å². The Kier molecular flexibility index (Phi) is 4.89. The number of aromatic nitrogens is 1. The molecule has 1 aromatic heterocycles. The molecule has 1 aromatic carbocycles. The van der Waals surface area contributed by atoms with E-state index in [9.17, 15) is 4.79 Å². The number of nitrogens with one attached hydrogen (secondary N) is 3. The summed E-state index contributed by atoms with van der Waals surface area (Å²) in [6.07, 6.45) is 0.833. The second-order valence-corrected chi connectivity index (χ2v) is 5.96. The fraction of sp³-hybridized carbons (Fsp3) is 0.471. The van der Waals surface area contributed by atoms with Crippen LogP contribution in [-0.2, 0) is 6.42 Å². The summed E-state index contributed by atoms with van der Waals surface area (Å²) >= 11 is 0. The fourth-order valence-corrected chi connectivity index (χ4v) is 2.38. The van der Waals surface area contributed by atoms with Crippen molar-refractivity contribution in [2.75, 3.05) is 6.54 Å². The molecule has 2 amide bonds. The fourth-order valence-electron chi connectivity index (χ4n) is 2.38. The van der Waals surface area contributed by atoms with Gasteiger partial charge in [0.2, 0.25) is 0 Å². The molecular formula is C17H25N3O. The van der Waals surface area contributed by atoms with Crippen LogP contribution in [0.5, 0.6) is 0 Å². The van der Waals surface area contributed by atoms with E-state index < -0.39 is 0 Å². The van der Waals surface area contributed by atoms with E-state index in [1.807, 2.05) is 19.1 Å². The van der Waals surface area contributed by atoms with Crippen LogP contribution >= 0.6 is 0 Å². The summed E-state index contributed by atoms with van der Waals surface area (Å²) in [6.45, 7) is 8.93. The highest BCUT2D eigenvalue weighted by atomic mass is 16.2. The predicted molar refractivity (Wildman–Crippen MR) is 87.6 cm³/mol. The third-order valence-electron chi connectivity index (χ3n) is 4.05. The van der Waals surface area contributed by atoms with Crippen molar-refractivity contribution in [3.63, 3.8) is 0 Å². The number of carbonyl (C=O) groups excluding carboxylic acids is 1. The molecule has 0 aliphatic rings. The molecule has 0 fully saturated rings. The Hall–Kier alpha value is -1.97. The molecule has 0 saturated heterocycles. The summed E-state index contributed by atoms with van der Waals surface area (Å²) in [5.41, 5.74) is 3.61. The molecule has 2 aromatic rings. The van der Waals surface area contributed by atoms with Crippen molar-refractivity contribution in [2.24, 2.45) is 5.92 Å². The van der Waals surface area contributed by atoms with Gasteiger partial charge in [-0.05, 0) is 37.8 Å². The highest BCUT2D eigenvalue weighted by Gasteiger charge is 2.11. The van der Waals surface area contributed by atoms with Crippen LogP contribution in [0, 0.1) is 12.8 Å². The Morgan fingerprint density at radius 3 is 2.67 bits per heavy atom. The molecule has 21 heavy (non-hydrogen) atoms. The van der Waals surface area contributed by atoms with Crippen molar-refractivity contribution in [1.29, 1.82) is 0 Å². The maximum Gasteiger partial charge on any atom is 0.315 e. The van der Waals surface area contributed by atoms with Crippen molar-refractivity contribution in [3.8, 4) is 0 Å². The quantitative estimate of drug-likeness (QED) is 0.776. The number of hydrogen-bond acceptors (Lipinski definition) is 1. The largest absolute Gasteiger partial charge is 0.358 e. The number of para-hydroxylation sites is 1. The van der Waals surface area contributed by atoms with Crippen LogP contribution in [0.2, 0.25) is 0 Å². The lowest BCUT2D eigenvalue weighted by atomic mass is 10.1. The Bertz CT molecular complexity index is 616. The lowest BCUT2D eigenvalue weighted by Gasteiger charge is -2.17. The van der Waals surface area contributed by atoms with E-state index >= 15 is 0 Å². The molecule has 0 aliphatic heterocycles. The van der Waals surface area contributed by atoms with Crippen LogP contribution in [0.4, 0.5) is 4.79 Å². The first-order valence-corrected chi connectivity index (χ1v) is 7.59. The number of carbonyl (C=O) groups is 1. The minimum absolute atomic E-state index is 0.0892. The number of aromatic amines is 1. The number of amides is 2. The number of H-pyrrole nitrogens is 1. The molecule has 1 unspecified atom stereocenters. The minimum atomic E-state index is -0.0892. The molecule has 4 nitrogen and oxygen atoms in total. The summed E-state index contributed by atoms with van der Waals surface area (Å²) in [5, 5.41) is 7.13. The van der Waals surface area contributed by atoms with Crippen molar-refractivity contribution in [3.05, 3.63) is 35.5 Å². The molecule has 0 radical (unpaired) electrons. The van der Waals surface area contributed by atoms with Crippen LogP contribution in [-0.4, -0.2) is 23.6 Å². The van der Waals surface area contributed by atoms with Gasteiger partial charge in [0.25, 0.3) is 0 Å². The van der Waals surface area contributed by atoms with Gasteiger partial charge in [-0.25, -0.2) is 4.79 Å². The lowest BCUT2D eigenvalue weighted by Crippen LogP contribution is -2.43. The number of urea groups is 1. The number of benzene rings is 1. The predicted octanol–water partition coefficient (Wildman–Crippen LogP) is 3.36. The minimum Gasteiger partial charge on any atom is -0.358 e. The summed E-state index contributed by atoms with van der Waals surface area (Å²) in [6, 6.07) is 8.37. The zero-order chi connectivity index (χ0) is 15.4. The summed E-state index contributed by atoms with van der Waals surface area (Å²) < 4.78 is 0. The SMILES string of the molecule is Cc1[nH]c2ccccc2c1CCNC(=O)NC(C)C(C)C. The molecule has 1 atom stereocenters. The highest BCUT2D eigenvalue weighted by Crippen LogP contribution is 2.21. The average molecular weight is 287 g/mol. The van der Waals surface area contributed by atoms with Crippen LogP contribution in [0.25, 0.3) is 10.9 Å². The molecule has 1 heterocycles. The molecule has 0 saturated carbocycles. The van der Waals surface area contributed by atoms with Crippen molar-refractivity contribution < 1.29 is 4.79 Å². The van der Waals surface area contributed by atoms with E-state index in [1.165, 1.54) is 16.6 Å². The van der Waals surface area contributed by atoms with Gasteiger partial charge in [0.05, 0.1) is 0 Å². The molecule has 2 rings (SSSR count). The van der Waals surface area contributed by atoms with Gasteiger partial charge in [0.15, 0.2) is 0 Å². The second-order valence-electron chi connectivity index (χ2n) is 5.96. The molecule has 3 N–H and O–H groups in total. The average Bonchev–Trinajstić information content (AvgIpc) is 2.75. The molecule has 0 spiro atoms. The van der Waals surface area contributed by atoms with Crippen LogP contribution < -0.4 is 10.6 Å². The molecule has 0 bridgehead atoms. The van der Waals surface area contributed by atoms with Gasteiger partial charge in [-0.1, -0.05) is 32.0 Å². The molecule has 4 heteroatoms. The molecule has 0 aliphatic carbocycles. The second kappa shape index (κ2) is 6.66. The maximum absolute atomic E-state index is 11.8. The number of rotatable bonds is 5. The van der Waals surface area contributed by atoms with E-state index in [1.54, 1.807) is 0 Å². The first kappa shape index (κ1) is 15.4. The van der Waals surface area contributed by atoms with E-state index in [0.717, 1.165) is 11.9 Å². The van der Waals surface area contributed by atoms with Crippen molar-refractivity contribution >= 4 is 16.9 Å². The lowest BCUT2D eigenvalue weighted by molar-refractivity contribution is 0.234. The van der Waals surface area contributed by atoms with E-state index in [0.29, 0.717) is 12.5 Å². The smallest absolute Gasteiger partial charge is 0.315 e. The maximum atomic E-state index is 11.8. The van der Waals surface area contributed by atoms with Gasteiger partial charge in [-0.2, -0.15) is 0 Å². The summed E-state index contributed by atoms with van der Waals surface area (Å²) in [5.74, 6) is 0.437. The van der Waals surface area contributed by atoms with Gasteiger partial charge in [-0.15, -0.1) is 0 Å². The Labute approximate surface area is 126 Å². The molecular weight excluding hydrogens is 262 g/mol. The molecule has 114 valence electrons. The van der Waals surface area contributed by atoms with Gasteiger partial charge in [-0.3, -0.25) is 0 Å². The van der Waals surface area contributed by atoms with Gasteiger partial charge >= 0.3 is 6.03 Å². The highest BCUT2D eigenvalue weighted by molar-refractivity contribution is 5.84.